The number of nitrogens with zero attached hydrogens (tertiary/aromatic N) is 4. The Balaban J connectivity index is 1.70. The quantitative estimate of drug-likeness (QED) is 0.725. The third kappa shape index (κ3) is 3.40. The Bertz CT molecular complexity index is 436. The molecule has 0 aromatic carbocycles. The van der Waals surface area contributed by atoms with Crippen molar-refractivity contribution in [3.8, 4) is 0 Å². The third-order valence-electron chi connectivity index (χ3n) is 2.57. The number of nitrogens with one attached hydrogen (secondary N) is 1. The molecule has 2 rings (SSSR count). The predicted molar refractivity (Wildman–Crippen MR) is 63.1 cm³/mol. The normalized spacial score (nSPS) is 12.8. The molecule has 1 atom stereocenters. The van der Waals surface area contributed by atoms with E-state index < -0.39 is 6.10 Å². The molecule has 0 bridgehead atoms. The van der Waals surface area contributed by atoms with Gasteiger partial charge >= 0.3 is 0 Å². The van der Waals surface area contributed by atoms with E-state index in [4.69, 9.17) is 0 Å². The van der Waals surface area contributed by atoms with Gasteiger partial charge in [0.1, 0.15) is 0 Å². The van der Waals surface area contributed by atoms with E-state index in [1.165, 1.54) is 0 Å². The fraction of sp³-hybridized carbons (Fsp3) is 0.455. The van der Waals surface area contributed by atoms with Crippen LogP contribution in [0.2, 0.25) is 0 Å². The molecule has 0 saturated carbocycles. The summed E-state index contributed by atoms with van der Waals surface area (Å²) in [7, 11) is 1.90. The molecule has 92 valence electrons. The topological polar surface area (TPSA) is 67.9 Å². The Labute approximate surface area is 99.9 Å². The van der Waals surface area contributed by atoms with Crippen LogP contribution < -0.4 is 5.32 Å². The van der Waals surface area contributed by atoms with E-state index in [2.05, 4.69) is 15.5 Å². The van der Waals surface area contributed by atoms with Gasteiger partial charge in [-0.2, -0.15) is 10.2 Å². The molecule has 2 N–H and O–H groups in total. The van der Waals surface area contributed by atoms with Crippen LogP contribution in [-0.4, -0.2) is 37.3 Å². The lowest BCUT2D eigenvalue weighted by Gasteiger charge is -2.11. The maximum absolute atomic E-state index is 9.77. The van der Waals surface area contributed by atoms with Gasteiger partial charge in [-0.05, 0) is 12.1 Å². The summed E-state index contributed by atoms with van der Waals surface area (Å²) in [6, 6.07) is 3.79. The number of aromatic nitrogens is 4. The molecule has 0 radical (unpaired) electrons. The first-order valence-corrected chi connectivity index (χ1v) is 5.59. The highest BCUT2D eigenvalue weighted by molar-refractivity contribution is 4.99. The van der Waals surface area contributed by atoms with E-state index >= 15 is 0 Å². The summed E-state index contributed by atoms with van der Waals surface area (Å²) in [5.74, 6) is 0. The maximum Gasteiger partial charge on any atom is 0.0860 e. The second kappa shape index (κ2) is 5.60. The molecule has 0 saturated heterocycles. The number of aliphatic hydroxyl groups excluding tert-OH is 1. The van der Waals surface area contributed by atoms with Gasteiger partial charge in [0.25, 0.3) is 0 Å². The molecule has 17 heavy (non-hydrogen) atoms. The van der Waals surface area contributed by atoms with Crippen LogP contribution >= 0.6 is 0 Å². The largest absolute Gasteiger partial charge is 0.390 e. The van der Waals surface area contributed by atoms with Crippen molar-refractivity contribution in [2.45, 2.75) is 19.2 Å². The van der Waals surface area contributed by atoms with Gasteiger partial charge in [-0.15, -0.1) is 0 Å². The van der Waals surface area contributed by atoms with Crippen molar-refractivity contribution in [1.29, 1.82) is 0 Å². The number of hydrogen-bond donors (Lipinski definition) is 2. The van der Waals surface area contributed by atoms with Gasteiger partial charge in [-0.25, -0.2) is 0 Å². The lowest BCUT2D eigenvalue weighted by atomic mass is 10.3. The van der Waals surface area contributed by atoms with Crippen molar-refractivity contribution >= 4 is 0 Å². The second-order valence-electron chi connectivity index (χ2n) is 3.96. The Morgan fingerprint density at radius 2 is 2.29 bits per heavy atom. The minimum Gasteiger partial charge on any atom is -0.390 e. The average molecular weight is 235 g/mol. The fourth-order valence-corrected chi connectivity index (χ4v) is 1.63. The SMILES string of the molecule is Cn1nccc1CNCC(O)Cn1cccn1. The molecule has 2 aromatic rings. The van der Waals surface area contributed by atoms with Crippen LogP contribution in [0.15, 0.2) is 30.7 Å². The summed E-state index contributed by atoms with van der Waals surface area (Å²) in [5, 5.41) is 21.1. The maximum atomic E-state index is 9.77. The van der Waals surface area contributed by atoms with Crippen molar-refractivity contribution in [3.05, 3.63) is 36.4 Å². The molecule has 0 fully saturated rings. The standard InChI is InChI=1S/C11H17N5O/c1-15-10(3-5-13-15)7-12-8-11(17)9-16-6-2-4-14-16/h2-6,11-12,17H,7-9H2,1H3. The molecule has 0 spiro atoms. The van der Waals surface area contributed by atoms with Crippen molar-refractivity contribution in [3.63, 3.8) is 0 Å². The average Bonchev–Trinajstić information content (AvgIpc) is 2.91. The molecular weight excluding hydrogens is 218 g/mol. The lowest BCUT2D eigenvalue weighted by Crippen LogP contribution is -2.30. The van der Waals surface area contributed by atoms with E-state index in [9.17, 15) is 5.11 Å². The summed E-state index contributed by atoms with van der Waals surface area (Å²) in [4.78, 5) is 0. The summed E-state index contributed by atoms with van der Waals surface area (Å²) in [6.45, 7) is 1.74. The van der Waals surface area contributed by atoms with Crippen LogP contribution in [-0.2, 0) is 20.1 Å². The van der Waals surface area contributed by atoms with Crippen molar-refractivity contribution in [2.24, 2.45) is 7.05 Å². The first-order valence-electron chi connectivity index (χ1n) is 5.59. The minimum atomic E-state index is -0.442. The van der Waals surface area contributed by atoms with Crippen molar-refractivity contribution in [1.82, 2.24) is 24.9 Å². The molecule has 0 aliphatic rings. The number of hydrogen-bond acceptors (Lipinski definition) is 4. The van der Waals surface area contributed by atoms with Gasteiger partial charge in [0.05, 0.1) is 18.3 Å². The first-order chi connectivity index (χ1) is 8.25. The highest BCUT2D eigenvalue weighted by atomic mass is 16.3. The van der Waals surface area contributed by atoms with Crippen LogP contribution in [0.5, 0.6) is 0 Å². The Morgan fingerprint density at radius 1 is 1.41 bits per heavy atom. The van der Waals surface area contributed by atoms with Crippen molar-refractivity contribution < 1.29 is 5.11 Å². The van der Waals surface area contributed by atoms with Gasteiger partial charge in [-0.1, -0.05) is 0 Å². The molecule has 6 heteroatoms. The zero-order valence-electron chi connectivity index (χ0n) is 9.82. The first kappa shape index (κ1) is 11.8. The fourth-order valence-electron chi connectivity index (χ4n) is 1.63. The molecule has 1 unspecified atom stereocenters. The van der Waals surface area contributed by atoms with E-state index in [0.29, 0.717) is 19.6 Å². The Hall–Kier alpha value is -1.66. The van der Waals surface area contributed by atoms with Gasteiger partial charge in [0, 0.05) is 38.7 Å². The summed E-state index contributed by atoms with van der Waals surface area (Å²) in [6.07, 6.45) is 4.86. The van der Waals surface area contributed by atoms with E-state index in [1.807, 2.05) is 30.1 Å². The molecule has 2 heterocycles. The third-order valence-corrected chi connectivity index (χ3v) is 2.57. The van der Waals surface area contributed by atoms with Gasteiger partial charge in [0.15, 0.2) is 0 Å². The van der Waals surface area contributed by atoms with E-state index in [1.54, 1.807) is 17.1 Å². The molecule has 6 nitrogen and oxygen atoms in total. The van der Waals surface area contributed by atoms with Crippen LogP contribution in [0.4, 0.5) is 0 Å². The monoisotopic (exact) mass is 235 g/mol. The van der Waals surface area contributed by atoms with E-state index in [0.717, 1.165) is 5.69 Å². The Morgan fingerprint density at radius 3 is 2.94 bits per heavy atom. The summed E-state index contributed by atoms with van der Waals surface area (Å²) >= 11 is 0. The highest BCUT2D eigenvalue weighted by Gasteiger charge is 2.05. The lowest BCUT2D eigenvalue weighted by molar-refractivity contribution is 0.146. The molecule has 0 aliphatic heterocycles. The molecule has 0 aliphatic carbocycles. The van der Waals surface area contributed by atoms with Gasteiger partial charge < -0.3 is 10.4 Å². The highest BCUT2D eigenvalue weighted by Crippen LogP contribution is 1.95. The van der Waals surface area contributed by atoms with Crippen molar-refractivity contribution in [2.75, 3.05) is 6.54 Å². The zero-order valence-corrected chi connectivity index (χ0v) is 9.82. The predicted octanol–water partition coefficient (Wildman–Crippen LogP) is -0.233. The van der Waals surface area contributed by atoms with Crippen LogP contribution in [0.1, 0.15) is 5.69 Å². The molecule has 0 amide bonds. The molecular formula is C11H17N5O. The minimum absolute atomic E-state index is 0.442. The number of aryl methyl sites for hydroxylation is 1. The number of rotatable bonds is 6. The number of aliphatic hydroxyl groups is 1. The van der Waals surface area contributed by atoms with Gasteiger partial charge in [-0.3, -0.25) is 9.36 Å². The van der Waals surface area contributed by atoms with Crippen LogP contribution in [0, 0.1) is 0 Å². The van der Waals surface area contributed by atoms with E-state index in [-0.39, 0.29) is 0 Å². The summed E-state index contributed by atoms with van der Waals surface area (Å²) in [5.41, 5.74) is 1.09. The zero-order chi connectivity index (χ0) is 12.1. The molecule has 2 aromatic heterocycles. The second-order valence-corrected chi connectivity index (χ2v) is 3.96. The Kier molecular flexibility index (Phi) is 3.89. The summed E-state index contributed by atoms with van der Waals surface area (Å²) < 4.78 is 3.53. The van der Waals surface area contributed by atoms with Gasteiger partial charge in [0.2, 0.25) is 0 Å². The smallest absolute Gasteiger partial charge is 0.0860 e. The van der Waals surface area contributed by atoms with Crippen LogP contribution in [0.3, 0.4) is 0 Å². The van der Waals surface area contributed by atoms with Crippen LogP contribution in [0.25, 0.3) is 0 Å².